The Kier molecular flexibility index (Phi) is 9.01. The normalized spacial score (nSPS) is 19.4. The average Bonchev–Trinajstić information content (AvgIpc) is 4.22. The van der Waals surface area contributed by atoms with Gasteiger partial charge in [-0.1, -0.05) is 179 Å². The molecule has 0 radical (unpaired) electrons. The van der Waals surface area contributed by atoms with E-state index in [1.807, 2.05) is 0 Å². The number of hydrogen-bond acceptors (Lipinski definition) is 3. The summed E-state index contributed by atoms with van der Waals surface area (Å²) in [6.07, 6.45) is 0. The molecule has 11 aromatic rings. The Hall–Kier alpha value is -8.40. The molecule has 0 fully saturated rings. The van der Waals surface area contributed by atoms with Gasteiger partial charge in [0.1, 0.15) is 11.2 Å². The minimum Gasteiger partial charge on any atom is -0.456 e. The fourth-order valence-corrected chi connectivity index (χ4v) is 14.2. The van der Waals surface area contributed by atoms with Gasteiger partial charge >= 0.3 is 0 Å². The van der Waals surface area contributed by atoms with Crippen LogP contribution in [0.4, 0.5) is 22.7 Å². The summed E-state index contributed by atoms with van der Waals surface area (Å²) in [5, 5.41) is 2.28. The number of furan rings is 1. The molecule has 4 atom stereocenters. The zero-order chi connectivity index (χ0) is 48.7. The second-order valence-electron chi connectivity index (χ2n) is 22.1. The molecular weight excluding hydrogens is 885 g/mol. The molecule has 3 heterocycles. The summed E-state index contributed by atoms with van der Waals surface area (Å²) < 4.78 is 6.62. The molecule has 73 heavy (non-hydrogen) atoms. The van der Waals surface area contributed by atoms with Gasteiger partial charge in [-0.15, -0.1) is 0 Å². The fourth-order valence-electron chi connectivity index (χ4n) is 14.2. The summed E-state index contributed by atoms with van der Waals surface area (Å²) in [7, 11) is 0. The number of para-hydroxylation sites is 1. The molecule has 2 aliphatic carbocycles. The third-order valence-electron chi connectivity index (χ3n) is 17.5. The monoisotopic (exact) mass is 938 g/mol. The van der Waals surface area contributed by atoms with E-state index in [2.05, 4.69) is 268 Å². The van der Waals surface area contributed by atoms with Gasteiger partial charge in [-0.25, -0.2) is 0 Å². The van der Waals surface area contributed by atoms with E-state index in [4.69, 9.17) is 4.42 Å². The number of benzene rings is 10. The smallest absolute Gasteiger partial charge is 0.135 e. The molecule has 4 aliphatic rings. The maximum Gasteiger partial charge on any atom is 0.135 e. The van der Waals surface area contributed by atoms with Crippen LogP contribution in [-0.2, 0) is 10.8 Å². The summed E-state index contributed by atoms with van der Waals surface area (Å²) in [5.41, 5.74) is 25.0. The topological polar surface area (TPSA) is 19.6 Å². The molecule has 350 valence electrons. The highest BCUT2D eigenvalue weighted by Crippen LogP contribution is 2.67. The van der Waals surface area contributed by atoms with Crippen LogP contribution < -0.4 is 9.80 Å². The molecule has 0 spiro atoms. The van der Waals surface area contributed by atoms with Crippen molar-refractivity contribution in [2.24, 2.45) is 0 Å². The van der Waals surface area contributed by atoms with Crippen molar-refractivity contribution < 1.29 is 4.42 Å². The van der Waals surface area contributed by atoms with Crippen LogP contribution in [0, 0.1) is 0 Å². The molecule has 4 unspecified atom stereocenters. The SMILES string of the molecule is CC1(C)c2ccccc2C2C1c1cc(-c3ccc4oc5ccc(-c6ccc7c(c6)C6C(c8ccccc8C6(C)C)N7c6cc(-c7ccccc7)cc(-c7ccccc7)c6)cc5c4c3)ccc1N2c1ccccc1. The summed E-state index contributed by atoms with van der Waals surface area (Å²) in [4.78, 5) is 5.26. The van der Waals surface area contributed by atoms with Crippen molar-refractivity contribution in [1.29, 1.82) is 0 Å². The maximum absolute atomic E-state index is 6.62. The average molecular weight is 939 g/mol. The van der Waals surface area contributed by atoms with Crippen molar-refractivity contribution in [2.75, 3.05) is 9.80 Å². The van der Waals surface area contributed by atoms with Crippen LogP contribution in [0.15, 0.2) is 235 Å². The predicted octanol–water partition coefficient (Wildman–Crippen LogP) is 18.8. The molecule has 2 aliphatic heterocycles. The van der Waals surface area contributed by atoms with Gasteiger partial charge in [0.2, 0.25) is 0 Å². The minimum atomic E-state index is -0.0976. The van der Waals surface area contributed by atoms with Gasteiger partial charge in [-0.2, -0.15) is 0 Å². The first-order chi connectivity index (χ1) is 35.7. The molecular formula is C70H54N2O. The predicted molar refractivity (Wildman–Crippen MR) is 303 cm³/mol. The van der Waals surface area contributed by atoms with Crippen LogP contribution in [0.25, 0.3) is 66.4 Å². The van der Waals surface area contributed by atoms with E-state index < -0.39 is 0 Å². The van der Waals surface area contributed by atoms with Crippen LogP contribution in [0.3, 0.4) is 0 Å². The molecule has 10 aromatic carbocycles. The van der Waals surface area contributed by atoms with Gasteiger partial charge in [0, 0.05) is 45.4 Å². The number of anilines is 4. The third-order valence-corrected chi connectivity index (χ3v) is 17.5. The van der Waals surface area contributed by atoms with Gasteiger partial charge in [0.25, 0.3) is 0 Å². The molecule has 0 bridgehead atoms. The van der Waals surface area contributed by atoms with Crippen LogP contribution in [0.1, 0.15) is 85.0 Å². The van der Waals surface area contributed by atoms with E-state index in [1.165, 1.54) is 101 Å². The molecule has 0 amide bonds. The zero-order valence-electron chi connectivity index (χ0n) is 41.6. The van der Waals surface area contributed by atoms with E-state index in [0.29, 0.717) is 5.92 Å². The Bertz CT molecular complexity index is 3960. The van der Waals surface area contributed by atoms with Crippen molar-refractivity contribution in [3.05, 3.63) is 264 Å². The largest absolute Gasteiger partial charge is 0.456 e. The van der Waals surface area contributed by atoms with Crippen LogP contribution in [-0.4, -0.2) is 0 Å². The second-order valence-corrected chi connectivity index (χ2v) is 22.1. The lowest BCUT2D eigenvalue weighted by Gasteiger charge is -2.31. The Morgan fingerprint density at radius 2 is 0.712 bits per heavy atom. The van der Waals surface area contributed by atoms with E-state index in [-0.39, 0.29) is 28.8 Å². The zero-order valence-corrected chi connectivity index (χ0v) is 41.6. The Balaban J connectivity index is 0.842. The lowest BCUT2D eigenvalue weighted by atomic mass is 9.74. The van der Waals surface area contributed by atoms with Crippen molar-refractivity contribution in [3.63, 3.8) is 0 Å². The van der Waals surface area contributed by atoms with Crippen molar-refractivity contribution >= 4 is 44.7 Å². The van der Waals surface area contributed by atoms with E-state index >= 15 is 0 Å². The Morgan fingerprint density at radius 1 is 0.315 bits per heavy atom. The number of fused-ring (bicyclic) bond motifs is 13. The molecule has 0 saturated carbocycles. The Morgan fingerprint density at radius 3 is 1.19 bits per heavy atom. The second kappa shape index (κ2) is 15.6. The van der Waals surface area contributed by atoms with Crippen molar-refractivity contribution in [3.8, 4) is 44.5 Å². The molecule has 1 aromatic heterocycles. The molecule has 15 rings (SSSR count). The van der Waals surface area contributed by atoms with E-state index in [9.17, 15) is 0 Å². The van der Waals surface area contributed by atoms with Crippen molar-refractivity contribution in [2.45, 2.75) is 62.4 Å². The number of nitrogens with zero attached hydrogens (tertiary/aromatic N) is 2. The molecule has 3 nitrogen and oxygen atoms in total. The van der Waals surface area contributed by atoms with Crippen LogP contribution in [0.5, 0.6) is 0 Å². The summed E-state index contributed by atoms with van der Waals surface area (Å²) in [6, 6.07) is 86.5. The first kappa shape index (κ1) is 42.3. The van der Waals surface area contributed by atoms with E-state index in [1.54, 1.807) is 0 Å². The third kappa shape index (κ3) is 6.18. The van der Waals surface area contributed by atoms with Crippen LogP contribution >= 0.6 is 0 Å². The fraction of sp³-hybridized carbons (Fsp3) is 0.143. The van der Waals surface area contributed by atoms with Gasteiger partial charge in [-0.05, 0) is 168 Å². The van der Waals surface area contributed by atoms with Crippen molar-refractivity contribution in [1.82, 2.24) is 0 Å². The first-order valence-electron chi connectivity index (χ1n) is 26.0. The summed E-state index contributed by atoms with van der Waals surface area (Å²) in [6.45, 7) is 9.80. The quantitative estimate of drug-likeness (QED) is 0.166. The number of rotatable bonds is 6. The Labute approximate surface area is 427 Å². The summed E-state index contributed by atoms with van der Waals surface area (Å²) in [5.74, 6) is 0.554. The lowest BCUT2D eigenvalue weighted by molar-refractivity contribution is 0.420. The van der Waals surface area contributed by atoms with E-state index in [0.717, 1.165) is 21.9 Å². The first-order valence-corrected chi connectivity index (χ1v) is 26.0. The van der Waals surface area contributed by atoms with Gasteiger partial charge in [-0.3, -0.25) is 0 Å². The van der Waals surface area contributed by atoms with Crippen LogP contribution in [0.2, 0.25) is 0 Å². The van der Waals surface area contributed by atoms with Gasteiger partial charge in [0.15, 0.2) is 0 Å². The number of hydrogen-bond donors (Lipinski definition) is 0. The standard InChI is InChI=1S/C70H54N2O/c1-69(2)59-26-16-14-24-53(59)67-65(69)57-41-45(28-32-61(57)71(67)51-22-12-7-13-23-51)47-30-34-63-55(39-47)56-40-48(31-35-64(56)73-63)46-29-33-62-58(42-46)66-68(54-25-15-17-27-60(54)70(66,3)4)72(62)52-37-49(43-18-8-5-9-19-43)36-50(38-52)44-20-10-6-11-21-44/h5-42,65-68H,1-4H3. The highest BCUT2D eigenvalue weighted by molar-refractivity contribution is 6.08. The maximum atomic E-state index is 6.62. The van der Waals surface area contributed by atoms with Gasteiger partial charge in [0.05, 0.1) is 12.1 Å². The minimum absolute atomic E-state index is 0.0348. The lowest BCUT2D eigenvalue weighted by Crippen LogP contribution is -2.25. The highest BCUT2D eigenvalue weighted by atomic mass is 16.3. The molecule has 0 N–H and O–H groups in total. The van der Waals surface area contributed by atoms with Gasteiger partial charge < -0.3 is 14.2 Å². The highest BCUT2D eigenvalue weighted by Gasteiger charge is 2.56. The molecule has 0 saturated heterocycles. The molecule has 3 heteroatoms. The summed E-state index contributed by atoms with van der Waals surface area (Å²) >= 11 is 0.